The van der Waals surface area contributed by atoms with Crippen LogP contribution >= 0.6 is 0 Å². The molecule has 0 bridgehead atoms. The van der Waals surface area contributed by atoms with Gasteiger partial charge in [-0.3, -0.25) is 0 Å². The zero-order chi connectivity index (χ0) is 33.7. The van der Waals surface area contributed by atoms with E-state index in [0.29, 0.717) is 17.5 Å². The highest BCUT2D eigenvalue weighted by molar-refractivity contribution is 6.09. The minimum Gasteiger partial charge on any atom is -0.455 e. The van der Waals surface area contributed by atoms with Crippen LogP contribution in [-0.2, 0) is 6.42 Å². The van der Waals surface area contributed by atoms with Gasteiger partial charge in [0.15, 0.2) is 17.5 Å². The summed E-state index contributed by atoms with van der Waals surface area (Å²) in [6.07, 6.45) is 0.934. The molecule has 10 rings (SSSR count). The Bertz CT molecular complexity index is 2660. The molecule has 0 radical (unpaired) electrons. The molecule has 1 aliphatic rings. The lowest BCUT2D eigenvalue weighted by atomic mass is 9.75. The third-order valence-corrected chi connectivity index (χ3v) is 10.1. The minimum atomic E-state index is 0.221. The predicted molar refractivity (Wildman–Crippen MR) is 206 cm³/mol. The van der Waals surface area contributed by atoms with Crippen molar-refractivity contribution in [3.63, 3.8) is 0 Å². The Morgan fingerprint density at radius 3 is 1.78 bits per heavy atom. The van der Waals surface area contributed by atoms with E-state index in [1.807, 2.05) is 66.7 Å². The lowest BCUT2D eigenvalue weighted by Gasteiger charge is -2.29. The Hall–Kier alpha value is -6.65. The van der Waals surface area contributed by atoms with Gasteiger partial charge in [-0.15, -0.1) is 0 Å². The van der Waals surface area contributed by atoms with Crippen molar-refractivity contribution >= 4 is 21.9 Å². The first kappa shape index (κ1) is 29.3. The van der Waals surface area contributed by atoms with Crippen LogP contribution in [0.5, 0.6) is 0 Å². The van der Waals surface area contributed by atoms with Gasteiger partial charge >= 0.3 is 0 Å². The lowest BCUT2D eigenvalue weighted by molar-refractivity contribution is 0.669. The molecule has 1 atom stereocenters. The summed E-state index contributed by atoms with van der Waals surface area (Å²) in [5, 5.41) is 2.14. The van der Waals surface area contributed by atoms with Gasteiger partial charge in [0.1, 0.15) is 11.2 Å². The van der Waals surface area contributed by atoms with Crippen molar-refractivity contribution in [2.45, 2.75) is 12.3 Å². The predicted octanol–water partition coefficient (Wildman–Crippen LogP) is 11.8. The summed E-state index contributed by atoms with van der Waals surface area (Å²) >= 11 is 0. The molecule has 4 nitrogen and oxygen atoms in total. The van der Waals surface area contributed by atoms with Crippen LogP contribution < -0.4 is 0 Å². The van der Waals surface area contributed by atoms with Crippen LogP contribution in [0.3, 0.4) is 0 Å². The molecular formula is C47H31N3O. The Balaban J connectivity index is 1.08. The maximum Gasteiger partial charge on any atom is 0.167 e. The highest BCUT2D eigenvalue weighted by Gasteiger charge is 2.27. The highest BCUT2D eigenvalue weighted by Crippen LogP contribution is 2.45. The van der Waals surface area contributed by atoms with Gasteiger partial charge in [0.05, 0.1) is 5.56 Å². The molecule has 1 unspecified atom stereocenters. The molecule has 0 saturated carbocycles. The molecule has 7 aromatic carbocycles. The first-order valence-electron chi connectivity index (χ1n) is 17.4. The molecule has 0 spiro atoms. The fourth-order valence-electron chi connectivity index (χ4n) is 7.63. The largest absolute Gasteiger partial charge is 0.455 e. The van der Waals surface area contributed by atoms with E-state index in [1.54, 1.807) is 0 Å². The number of furan rings is 1. The number of nitrogens with zero attached hydrogens (tertiary/aromatic N) is 3. The molecule has 2 heterocycles. The first-order valence-corrected chi connectivity index (χ1v) is 17.4. The number of hydrogen-bond donors (Lipinski definition) is 0. The zero-order valence-corrected chi connectivity index (χ0v) is 27.7. The third-order valence-electron chi connectivity index (χ3n) is 10.1. The zero-order valence-electron chi connectivity index (χ0n) is 27.7. The van der Waals surface area contributed by atoms with E-state index < -0.39 is 0 Å². The van der Waals surface area contributed by atoms with E-state index in [9.17, 15) is 0 Å². The maximum absolute atomic E-state index is 6.65. The fourth-order valence-corrected chi connectivity index (χ4v) is 7.63. The standard InChI is InChI=1S/C47H31N3O/c1-4-13-30(14-5-1)33-23-24-34-28-41(37-20-11-10-19-36(37)40(34)27-33)35-25-26-43-42(29-35)38-21-12-22-39(44(38)51-43)47-49-45(31-15-6-2-7-16-31)48-46(50-47)32-17-8-3-9-18-32/h1-27,29,41H,28H2. The number of para-hydroxylation sites is 1. The number of fused-ring (bicyclic) bond motifs is 6. The normalized spacial score (nSPS) is 13.6. The summed E-state index contributed by atoms with van der Waals surface area (Å²) < 4.78 is 6.65. The minimum absolute atomic E-state index is 0.221. The van der Waals surface area contributed by atoms with Crippen LogP contribution in [-0.4, -0.2) is 15.0 Å². The van der Waals surface area contributed by atoms with Gasteiger partial charge in [0.2, 0.25) is 0 Å². The van der Waals surface area contributed by atoms with E-state index in [2.05, 4.69) is 103 Å². The van der Waals surface area contributed by atoms with Gasteiger partial charge < -0.3 is 4.42 Å². The van der Waals surface area contributed by atoms with Gasteiger partial charge in [-0.05, 0) is 69.6 Å². The SMILES string of the molecule is c1ccc(-c2ccc3c(c2)-c2ccccc2C(c2ccc4oc5c(-c6nc(-c7ccccc7)nc(-c7ccccc7)n6)cccc5c4c2)C3)cc1. The monoisotopic (exact) mass is 653 g/mol. The Morgan fingerprint density at radius 1 is 0.431 bits per heavy atom. The Kier molecular flexibility index (Phi) is 6.91. The number of hydrogen-bond acceptors (Lipinski definition) is 4. The summed E-state index contributed by atoms with van der Waals surface area (Å²) in [4.78, 5) is 14.9. The molecule has 0 N–H and O–H groups in total. The summed E-state index contributed by atoms with van der Waals surface area (Å²) in [6, 6.07) is 59.5. The van der Waals surface area contributed by atoms with Crippen molar-refractivity contribution in [1.29, 1.82) is 0 Å². The van der Waals surface area contributed by atoms with Crippen LogP contribution in [0.1, 0.15) is 22.6 Å². The lowest BCUT2D eigenvalue weighted by Crippen LogP contribution is -2.12. The molecule has 2 aromatic heterocycles. The summed E-state index contributed by atoms with van der Waals surface area (Å²) in [5.74, 6) is 2.06. The quantitative estimate of drug-likeness (QED) is 0.185. The van der Waals surface area contributed by atoms with Crippen LogP contribution in [0, 0.1) is 0 Å². The van der Waals surface area contributed by atoms with Crippen molar-refractivity contribution in [3.8, 4) is 56.4 Å². The second-order valence-electron chi connectivity index (χ2n) is 13.2. The van der Waals surface area contributed by atoms with Crippen molar-refractivity contribution in [2.75, 3.05) is 0 Å². The van der Waals surface area contributed by atoms with E-state index in [1.165, 1.54) is 38.9 Å². The van der Waals surface area contributed by atoms with Crippen LogP contribution in [0.4, 0.5) is 0 Å². The Labute approximate surface area is 295 Å². The molecule has 240 valence electrons. The second kappa shape index (κ2) is 12.0. The first-order chi connectivity index (χ1) is 25.3. The highest BCUT2D eigenvalue weighted by atomic mass is 16.3. The molecule has 0 aliphatic heterocycles. The van der Waals surface area contributed by atoms with Crippen molar-refractivity contribution in [1.82, 2.24) is 15.0 Å². The van der Waals surface area contributed by atoms with E-state index in [-0.39, 0.29) is 5.92 Å². The van der Waals surface area contributed by atoms with E-state index in [4.69, 9.17) is 19.4 Å². The molecule has 0 fully saturated rings. The van der Waals surface area contributed by atoms with Crippen LogP contribution in [0.15, 0.2) is 174 Å². The van der Waals surface area contributed by atoms with Crippen molar-refractivity contribution in [3.05, 3.63) is 187 Å². The third kappa shape index (κ3) is 5.12. The molecule has 51 heavy (non-hydrogen) atoms. The van der Waals surface area contributed by atoms with Crippen LogP contribution in [0.2, 0.25) is 0 Å². The van der Waals surface area contributed by atoms with Gasteiger partial charge in [0, 0.05) is 27.8 Å². The van der Waals surface area contributed by atoms with Gasteiger partial charge in [-0.2, -0.15) is 0 Å². The molecule has 0 amide bonds. The maximum atomic E-state index is 6.65. The van der Waals surface area contributed by atoms with Crippen LogP contribution in [0.25, 0.3) is 78.4 Å². The number of benzene rings is 7. The molecule has 9 aromatic rings. The van der Waals surface area contributed by atoms with Crippen molar-refractivity contribution < 1.29 is 4.42 Å². The van der Waals surface area contributed by atoms with E-state index >= 15 is 0 Å². The molecule has 1 aliphatic carbocycles. The van der Waals surface area contributed by atoms with Gasteiger partial charge in [-0.25, -0.2) is 15.0 Å². The summed E-state index contributed by atoms with van der Waals surface area (Å²) in [7, 11) is 0. The molecular weight excluding hydrogens is 623 g/mol. The van der Waals surface area contributed by atoms with Gasteiger partial charge in [0.25, 0.3) is 0 Å². The smallest absolute Gasteiger partial charge is 0.167 e. The number of aromatic nitrogens is 3. The van der Waals surface area contributed by atoms with E-state index in [0.717, 1.165) is 45.0 Å². The second-order valence-corrected chi connectivity index (χ2v) is 13.2. The molecule has 0 saturated heterocycles. The average molecular weight is 654 g/mol. The number of rotatable bonds is 5. The molecule has 4 heteroatoms. The Morgan fingerprint density at radius 2 is 1.06 bits per heavy atom. The van der Waals surface area contributed by atoms with Gasteiger partial charge in [-0.1, -0.05) is 146 Å². The fraction of sp³-hybridized carbons (Fsp3) is 0.0426. The topological polar surface area (TPSA) is 51.8 Å². The summed E-state index contributed by atoms with van der Waals surface area (Å²) in [5.41, 5.74) is 13.4. The summed E-state index contributed by atoms with van der Waals surface area (Å²) in [6.45, 7) is 0. The average Bonchev–Trinajstić information content (AvgIpc) is 3.59. The van der Waals surface area contributed by atoms with Crippen molar-refractivity contribution in [2.24, 2.45) is 0 Å².